The van der Waals surface area contributed by atoms with E-state index in [1.807, 2.05) is 100 Å². The number of aromatic nitrogens is 3. The van der Waals surface area contributed by atoms with E-state index in [0.717, 1.165) is 44.8 Å². The quantitative estimate of drug-likeness (QED) is 0.214. The lowest BCUT2D eigenvalue weighted by molar-refractivity contribution is 0.00578. The Morgan fingerprint density at radius 2 is 1.25 bits per heavy atom. The Bertz CT molecular complexity index is 1640. The van der Waals surface area contributed by atoms with E-state index in [1.54, 1.807) is 6.20 Å². The van der Waals surface area contributed by atoms with Crippen LogP contribution in [-0.4, -0.2) is 33.3 Å². The van der Waals surface area contributed by atoms with E-state index in [-0.39, 0.29) is 0 Å². The van der Waals surface area contributed by atoms with E-state index in [9.17, 15) is 0 Å². The molecule has 0 atom stereocenters. The second-order valence-electron chi connectivity index (χ2n) is 10.9. The fourth-order valence-corrected chi connectivity index (χ4v) is 4.87. The molecule has 1 aliphatic rings. The van der Waals surface area contributed by atoms with E-state index in [2.05, 4.69) is 29.2 Å². The van der Waals surface area contributed by atoms with Gasteiger partial charge in [-0.25, -0.2) is 9.97 Å². The summed E-state index contributed by atoms with van der Waals surface area (Å²) in [5.41, 5.74) is 6.18. The van der Waals surface area contributed by atoms with Gasteiger partial charge >= 0.3 is 7.12 Å². The maximum Gasteiger partial charge on any atom is 0.494 e. The molecule has 0 radical (unpaired) electrons. The Balaban J connectivity index is 1.44. The Morgan fingerprint density at radius 3 is 1.90 bits per heavy atom. The third-order valence-electron chi connectivity index (χ3n) is 7.69. The SMILES string of the molecule is CC1(C)OB(c2ccc(Cl)c(-c3cc(-c4ccc(-c5ccccn5)cc4)nc(-c4ccccc4)n3)c2)OC1(C)C. The van der Waals surface area contributed by atoms with Crippen LogP contribution in [0.1, 0.15) is 27.7 Å². The molecule has 198 valence electrons. The second-order valence-corrected chi connectivity index (χ2v) is 11.4. The maximum atomic E-state index is 6.79. The Morgan fingerprint density at radius 1 is 0.625 bits per heavy atom. The van der Waals surface area contributed by atoms with Crippen LogP contribution in [0.4, 0.5) is 0 Å². The minimum atomic E-state index is -0.505. The van der Waals surface area contributed by atoms with Gasteiger partial charge in [-0.15, -0.1) is 0 Å². The molecule has 6 rings (SSSR count). The molecule has 7 heteroatoms. The summed E-state index contributed by atoms with van der Waals surface area (Å²) in [6.07, 6.45) is 1.80. The van der Waals surface area contributed by atoms with Crippen LogP contribution in [0.3, 0.4) is 0 Å². The Labute approximate surface area is 240 Å². The summed E-state index contributed by atoms with van der Waals surface area (Å²) in [5.74, 6) is 0.624. The number of pyridine rings is 1. The molecule has 40 heavy (non-hydrogen) atoms. The van der Waals surface area contributed by atoms with Crippen LogP contribution in [0.5, 0.6) is 0 Å². The van der Waals surface area contributed by atoms with E-state index in [1.165, 1.54) is 0 Å². The highest BCUT2D eigenvalue weighted by atomic mass is 35.5. The van der Waals surface area contributed by atoms with Gasteiger partial charge in [-0.05, 0) is 57.4 Å². The first kappa shape index (κ1) is 26.4. The van der Waals surface area contributed by atoms with Crippen molar-refractivity contribution >= 4 is 24.2 Å². The maximum absolute atomic E-state index is 6.79. The van der Waals surface area contributed by atoms with Gasteiger partial charge in [0.25, 0.3) is 0 Å². The third-order valence-corrected chi connectivity index (χ3v) is 8.02. The molecule has 5 nitrogen and oxygen atoms in total. The predicted molar refractivity (Wildman–Crippen MR) is 162 cm³/mol. The molecule has 2 aromatic heterocycles. The Hall–Kier alpha value is -3.84. The van der Waals surface area contributed by atoms with Gasteiger partial charge in [-0.3, -0.25) is 4.98 Å². The molecule has 0 bridgehead atoms. The lowest BCUT2D eigenvalue weighted by Crippen LogP contribution is -2.41. The van der Waals surface area contributed by atoms with Crippen molar-refractivity contribution in [1.82, 2.24) is 15.0 Å². The average molecular weight is 546 g/mol. The topological polar surface area (TPSA) is 57.1 Å². The van der Waals surface area contributed by atoms with Crippen LogP contribution >= 0.6 is 11.6 Å². The van der Waals surface area contributed by atoms with E-state index in [0.29, 0.717) is 10.8 Å². The summed E-state index contributed by atoms with van der Waals surface area (Å²) in [5, 5.41) is 0.592. The van der Waals surface area contributed by atoms with Crippen molar-refractivity contribution in [3.05, 3.63) is 108 Å². The summed E-state index contributed by atoms with van der Waals surface area (Å²) in [6, 6.07) is 31.9. The van der Waals surface area contributed by atoms with Gasteiger partial charge in [0, 0.05) is 33.5 Å². The number of hydrogen-bond donors (Lipinski definition) is 0. The fraction of sp³-hybridized carbons (Fsp3) is 0.182. The van der Waals surface area contributed by atoms with Gasteiger partial charge in [-0.2, -0.15) is 0 Å². The zero-order valence-corrected chi connectivity index (χ0v) is 23.7. The molecule has 0 saturated carbocycles. The zero-order chi connectivity index (χ0) is 27.9. The zero-order valence-electron chi connectivity index (χ0n) is 22.9. The van der Waals surface area contributed by atoms with Gasteiger partial charge < -0.3 is 9.31 Å². The van der Waals surface area contributed by atoms with E-state index < -0.39 is 18.3 Å². The van der Waals surface area contributed by atoms with Gasteiger partial charge in [-0.1, -0.05) is 84.4 Å². The van der Waals surface area contributed by atoms with Crippen molar-refractivity contribution in [3.63, 3.8) is 0 Å². The highest BCUT2D eigenvalue weighted by Gasteiger charge is 2.51. The van der Waals surface area contributed by atoms with Gasteiger partial charge in [0.1, 0.15) is 0 Å². The average Bonchev–Trinajstić information content (AvgIpc) is 3.20. The molecule has 3 aromatic carbocycles. The minimum Gasteiger partial charge on any atom is -0.399 e. The van der Waals surface area contributed by atoms with Crippen LogP contribution < -0.4 is 5.46 Å². The molecule has 3 heterocycles. The molecule has 0 unspecified atom stereocenters. The summed E-state index contributed by atoms with van der Waals surface area (Å²) >= 11 is 6.79. The summed E-state index contributed by atoms with van der Waals surface area (Å²) in [7, 11) is -0.505. The number of nitrogens with zero attached hydrogens (tertiary/aromatic N) is 3. The molecule has 1 saturated heterocycles. The highest BCUT2D eigenvalue weighted by molar-refractivity contribution is 6.62. The van der Waals surface area contributed by atoms with Crippen LogP contribution in [0.15, 0.2) is 103 Å². The van der Waals surface area contributed by atoms with Gasteiger partial charge in [0.2, 0.25) is 0 Å². The van der Waals surface area contributed by atoms with Crippen LogP contribution in [0.25, 0.3) is 45.2 Å². The normalized spacial score (nSPS) is 15.8. The van der Waals surface area contributed by atoms with Crippen molar-refractivity contribution in [1.29, 1.82) is 0 Å². The first-order valence-corrected chi connectivity index (χ1v) is 13.7. The predicted octanol–water partition coefficient (Wildman–Crippen LogP) is 7.49. The first-order chi connectivity index (χ1) is 19.2. The lowest BCUT2D eigenvalue weighted by Gasteiger charge is -2.32. The largest absolute Gasteiger partial charge is 0.494 e. The number of hydrogen-bond acceptors (Lipinski definition) is 5. The minimum absolute atomic E-state index is 0.443. The molecular weight excluding hydrogens is 517 g/mol. The first-order valence-electron chi connectivity index (χ1n) is 13.3. The van der Waals surface area contributed by atoms with Crippen LogP contribution in [0.2, 0.25) is 5.02 Å². The van der Waals surface area contributed by atoms with Gasteiger partial charge in [0.05, 0.1) is 28.3 Å². The third kappa shape index (κ3) is 5.06. The number of halogens is 1. The standard InChI is InChI=1S/C33H29BClN3O2/c1-32(2)33(3,4)40-34(39-32)25-17-18-27(35)26(20-25)30-21-29(37-31(38-30)24-10-6-5-7-11-24)23-15-13-22(14-16-23)28-12-8-9-19-36-28/h5-21H,1-4H3. The van der Waals surface area contributed by atoms with Crippen LogP contribution in [-0.2, 0) is 9.31 Å². The second kappa shape index (κ2) is 10.3. The molecule has 0 aliphatic carbocycles. The smallest absolute Gasteiger partial charge is 0.399 e. The monoisotopic (exact) mass is 545 g/mol. The van der Waals surface area contributed by atoms with E-state index in [4.69, 9.17) is 30.9 Å². The molecule has 5 aromatic rings. The summed E-state index contributed by atoms with van der Waals surface area (Å²) in [6.45, 7) is 8.19. The van der Waals surface area contributed by atoms with Crippen molar-refractivity contribution < 1.29 is 9.31 Å². The molecular formula is C33H29BClN3O2. The lowest BCUT2D eigenvalue weighted by atomic mass is 9.78. The number of rotatable bonds is 5. The van der Waals surface area contributed by atoms with Crippen molar-refractivity contribution in [2.45, 2.75) is 38.9 Å². The molecule has 0 spiro atoms. The molecule has 1 fully saturated rings. The molecule has 1 aliphatic heterocycles. The fourth-order valence-electron chi connectivity index (χ4n) is 4.66. The summed E-state index contributed by atoms with van der Waals surface area (Å²) in [4.78, 5) is 14.4. The van der Waals surface area contributed by atoms with E-state index >= 15 is 0 Å². The molecule has 0 N–H and O–H groups in total. The number of benzene rings is 3. The Kier molecular flexibility index (Phi) is 6.79. The van der Waals surface area contributed by atoms with Crippen LogP contribution in [0, 0.1) is 0 Å². The van der Waals surface area contributed by atoms with Crippen molar-refractivity contribution in [2.24, 2.45) is 0 Å². The summed E-state index contributed by atoms with van der Waals surface area (Å²) < 4.78 is 12.6. The highest BCUT2D eigenvalue weighted by Crippen LogP contribution is 2.37. The van der Waals surface area contributed by atoms with Crippen molar-refractivity contribution in [3.8, 4) is 45.2 Å². The van der Waals surface area contributed by atoms with Gasteiger partial charge in [0.15, 0.2) is 5.82 Å². The molecule has 0 amide bonds. The van der Waals surface area contributed by atoms with Crippen molar-refractivity contribution in [2.75, 3.05) is 0 Å².